The summed E-state index contributed by atoms with van der Waals surface area (Å²) in [5, 5.41) is 2.73. The summed E-state index contributed by atoms with van der Waals surface area (Å²) < 4.78 is 5.06. The van der Waals surface area contributed by atoms with E-state index in [0.29, 0.717) is 13.2 Å². The molecule has 3 heteroatoms. The number of hydrogen-bond donors (Lipinski definition) is 1. The predicted octanol–water partition coefficient (Wildman–Crippen LogP) is 0.0775. The molecule has 0 aromatic rings. The van der Waals surface area contributed by atoms with E-state index in [1.807, 2.05) is 0 Å². The van der Waals surface area contributed by atoms with Gasteiger partial charge in [0.05, 0.1) is 19.3 Å². The average molecular weight is 141 g/mol. The molecule has 0 bridgehead atoms. The van der Waals surface area contributed by atoms with Crippen molar-refractivity contribution < 1.29 is 9.53 Å². The second-order valence-corrected chi connectivity index (χ2v) is 2.43. The molecule has 0 spiro atoms. The third-order valence-electron chi connectivity index (χ3n) is 1.44. The van der Waals surface area contributed by atoms with Crippen LogP contribution in [-0.2, 0) is 9.53 Å². The number of hydrogen-bond acceptors (Lipinski definition) is 2. The van der Waals surface area contributed by atoms with Gasteiger partial charge >= 0.3 is 0 Å². The molecule has 1 fully saturated rings. The van der Waals surface area contributed by atoms with Crippen molar-refractivity contribution in [3.63, 3.8) is 0 Å². The van der Waals surface area contributed by atoms with Crippen LogP contribution in [0.1, 0.15) is 6.92 Å². The predicted molar refractivity (Wildman–Crippen MR) is 37.6 cm³/mol. The first-order valence-corrected chi connectivity index (χ1v) is 3.22. The van der Waals surface area contributed by atoms with Gasteiger partial charge in [0, 0.05) is 6.92 Å². The second kappa shape index (κ2) is 2.84. The highest BCUT2D eigenvalue weighted by molar-refractivity contribution is 5.73. The molecule has 0 aromatic carbocycles. The molecule has 0 aromatic heterocycles. The molecule has 0 saturated carbocycles. The molecular formula is C7H11NO2. The van der Waals surface area contributed by atoms with Crippen LogP contribution in [0.5, 0.6) is 0 Å². The summed E-state index contributed by atoms with van der Waals surface area (Å²) >= 11 is 0. The molecule has 1 N–H and O–H groups in total. The minimum absolute atomic E-state index is 0.0309. The first kappa shape index (κ1) is 7.28. The Bertz CT molecular complexity index is 165. The van der Waals surface area contributed by atoms with Gasteiger partial charge in [0.15, 0.2) is 0 Å². The molecule has 1 unspecified atom stereocenters. The number of ether oxygens (including phenoxy) is 1. The summed E-state index contributed by atoms with van der Waals surface area (Å²) in [5.41, 5.74) is 0.954. The van der Waals surface area contributed by atoms with Crippen LogP contribution < -0.4 is 5.32 Å². The lowest BCUT2D eigenvalue weighted by molar-refractivity contribution is -0.119. The van der Waals surface area contributed by atoms with Crippen molar-refractivity contribution in [2.24, 2.45) is 0 Å². The Balaban J connectivity index is 2.40. The van der Waals surface area contributed by atoms with Crippen LogP contribution in [0.4, 0.5) is 0 Å². The van der Waals surface area contributed by atoms with E-state index in [-0.39, 0.29) is 11.9 Å². The molecule has 0 aliphatic carbocycles. The highest BCUT2D eigenvalue weighted by Gasteiger charge is 2.19. The highest BCUT2D eigenvalue weighted by atomic mass is 16.5. The minimum atomic E-state index is -0.0309. The van der Waals surface area contributed by atoms with Crippen LogP contribution in [0.2, 0.25) is 0 Å². The largest absolute Gasteiger partial charge is 0.375 e. The van der Waals surface area contributed by atoms with E-state index < -0.39 is 0 Å². The molecule has 1 aliphatic heterocycles. The monoisotopic (exact) mass is 141 g/mol. The Kier molecular flexibility index (Phi) is 2.06. The number of nitrogens with one attached hydrogen (secondary N) is 1. The molecule has 56 valence electrons. The first-order valence-electron chi connectivity index (χ1n) is 3.22. The molecule has 1 heterocycles. The fourth-order valence-electron chi connectivity index (χ4n) is 0.915. The molecule has 10 heavy (non-hydrogen) atoms. The van der Waals surface area contributed by atoms with Crippen molar-refractivity contribution in [3.05, 3.63) is 12.2 Å². The maximum Gasteiger partial charge on any atom is 0.217 e. The second-order valence-electron chi connectivity index (χ2n) is 2.43. The standard InChI is InChI=1S/C7H11NO2/c1-5-3-10-4-7(5)8-6(2)9/h7H,1,3-4H2,2H3,(H,8,9). The van der Waals surface area contributed by atoms with E-state index in [1.54, 1.807) is 0 Å². The Morgan fingerprint density at radius 2 is 2.60 bits per heavy atom. The summed E-state index contributed by atoms with van der Waals surface area (Å²) in [7, 11) is 0. The van der Waals surface area contributed by atoms with Crippen LogP contribution in [0.3, 0.4) is 0 Å². The maximum atomic E-state index is 10.5. The van der Waals surface area contributed by atoms with Gasteiger partial charge in [-0.2, -0.15) is 0 Å². The highest BCUT2D eigenvalue weighted by Crippen LogP contribution is 2.08. The van der Waals surface area contributed by atoms with Crippen LogP contribution in [-0.4, -0.2) is 25.2 Å². The van der Waals surface area contributed by atoms with Gasteiger partial charge < -0.3 is 10.1 Å². The van der Waals surface area contributed by atoms with Crippen molar-refractivity contribution in [3.8, 4) is 0 Å². The fraction of sp³-hybridized carbons (Fsp3) is 0.571. The van der Waals surface area contributed by atoms with Crippen LogP contribution >= 0.6 is 0 Å². The van der Waals surface area contributed by atoms with Gasteiger partial charge in [0.1, 0.15) is 0 Å². The van der Waals surface area contributed by atoms with Gasteiger partial charge in [-0.05, 0) is 5.57 Å². The average Bonchev–Trinajstić information content (AvgIpc) is 2.15. The van der Waals surface area contributed by atoms with Gasteiger partial charge in [-0.3, -0.25) is 4.79 Å². The van der Waals surface area contributed by atoms with E-state index in [9.17, 15) is 4.79 Å². The molecule has 1 amide bonds. The van der Waals surface area contributed by atoms with Crippen molar-refractivity contribution in [2.45, 2.75) is 13.0 Å². The Morgan fingerprint density at radius 3 is 3.00 bits per heavy atom. The van der Waals surface area contributed by atoms with Gasteiger partial charge in [0.25, 0.3) is 0 Å². The lowest BCUT2D eigenvalue weighted by atomic mass is 10.2. The molecule has 3 nitrogen and oxygen atoms in total. The van der Waals surface area contributed by atoms with Crippen LogP contribution in [0.15, 0.2) is 12.2 Å². The Labute approximate surface area is 60.1 Å². The number of rotatable bonds is 1. The number of amides is 1. The van der Waals surface area contributed by atoms with Gasteiger partial charge in [0.2, 0.25) is 5.91 Å². The van der Waals surface area contributed by atoms with Crippen molar-refractivity contribution in [2.75, 3.05) is 13.2 Å². The smallest absolute Gasteiger partial charge is 0.217 e. The minimum Gasteiger partial charge on any atom is -0.375 e. The van der Waals surface area contributed by atoms with E-state index in [2.05, 4.69) is 11.9 Å². The topological polar surface area (TPSA) is 38.3 Å². The number of carbonyl (C=O) groups is 1. The molecule has 1 saturated heterocycles. The van der Waals surface area contributed by atoms with Gasteiger partial charge in [-0.1, -0.05) is 6.58 Å². The van der Waals surface area contributed by atoms with E-state index in [4.69, 9.17) is 4.74 Å². The van der Waals surface area contributed by atoms with Crippen LogP contribution in [0, 0.1) is 0 Å². The quantitative estimate of drug-likeness (QED) is 0.525. The summed E-state index contributed by atoms with van der Waals surface area (Å²) in [4.78, 5) is 10.5. The third kappa shape index (κ3) is 1.57. The zero-order valence-electron chi connectivity index (χ0n) is 6.02. The van der Waals surface area contributed by atoms with Crippen molar-refractivity contribution >= 4 is 5.91 Å². The normalized spacial score (nSPS) is 24.9. The van der Waals surface area contributed by atoms with Crippen LogP contribution in [0.25, 0.3) is 0 Å². The zero-order valence-corrected chi connectivity index (χ0v) is 6.02. The van der Waals surface area contributed by atoms with E-state index in [1.165, 1.54) is 6.92 Å². The first-order chi connectivity index (χ1) is 4.70. The summed E-state index contributed by atoms with van der Waals surface area (Å²) in [6, 6.07) is 0.0394. The van der Waals surface area contributed by atoms with Crippen molar-refractivity contribution in [1.29, 1.82) is 0 Å². The molecule has 1 rings (SSSR count). The van der Waals surface area contributed by atoms with Gasteiger partial charge in [-0.15, -0.1) is 0 Å². The lowest BCUT2D eigenvalue weighted by Crippen LogP contribution is -2.34. The summed E-state index contributed by atoms with van der Waals surface area (Å²) in [5.74, 6) is -0.0309. The third-order valence-corrected chi connectivity index (χ3v) is 1.44. The Hall–Kier alpha value is -0.830. The summed E-state index contributed by atoms with van der Waals surface area (Å²) in [6.07, 6.45) is 0. The summed E-state index contributed by atoms with van der Waals surface area (Å²) in [6.45, 7) is 6.38. The van der Waals surface area contributed by atoms with Gasteiger partial charge in [-0.25, -0.2) is 0 Å². The SMILES string of the molecule is C=C1COCC1NC(C)=O. The fourth-order valence-corrected chi connectivity index (χ4v) is 0.915. The lowest BCUT2D eigenvalue weighted by Gasteiger charge is -2.08. The Morgan fingerprint density at radius 1 is 1.90 bits per heavy atom. The number of carbonyl (C=O) groups excluding carboxylic acids is 1. The van der Waals surface area contributed by atoms with E-state index >= 15 is 0 Å². The molecular weight excluding hydrogens is 130 g/mol. The molecule has 1 atom stereocenters. The van der Waals surface area contributed by atoms with Crippen molar-refractivity contribution in [1.82, 2.24) is 5.32 Å². The van der Waals surface area contributed by atoms with E-state index in [0.717, 1.165) is 5.57 Å². The zero-order chi connectivity index (χ0) is 7.56. The molecule has 1 aliphatic rings. The maximum absolute atomic E-state index is 10.5. The molecule has 0 radical (unpaired) electrons.